The van der Waals surface area contributed by atoms with E-state index in [0.29, 0.717) is 6.61 Å². The van der Waals surface area contributed by atoms with Crippen LogP contribution in [-0.2, 0) is 20.0 Å². The lowest BCUT2D eigenvalue weighted by atomic mass is 9.96. The molecule has 0 saturated heterocycles. The Bertz CT molecular complexity index is 368. The molecule has 1 aliphatic rings. The number of carbonyl (C=O) groups excluding carboxylic acids is 1. The van der Waals surface area contributed by atoms with Crippen LogP contribution in [0.1, 0.15) is 38.2 Å². The zero-order valence-electron chi connectivity index (χ0n) is 10.1. The first-order valence-electron chi connectivity index (χ1n) is 6.19. The number of benzene rings is 1. The molecule has 0 N–H and O–H groups in total. The highest BCUT2D eigenvalue weighted by Crippen LogP contribution is 2.49. The maximum Gasteiger partial charge on any atom is 0.352 e. The second kappa shape index (κ2) is 5.32. The van der Waals surface area contributed by atoms with Gasteiger partial charge in [-0.25, -0.2) is 4.79 Å². The normalized spacial score (nSPS) is 16.5. The van der Waals surface area contributed by atoms with Crippen molar-refractivity contribution in [1.29, 1.82) is 0 Å². The lowest BCUT2D eigenvalue weighted by Crippen LogP contribution is -2.23. The zero-order chi connectivity index (χ0) is 12.1. The summed E-state index contributed by atoms with van der Waals surface area (Å²) in [5.41, 5.74) is 0.595. The second-order valence-electron chi connectivity index (χ2n) is 4.49. The minimum atomic E-state index is -0.437. The Labute approximate surface area is 102 Å². The first kappa shape index (κ1) is 12.1. The van der Waals surface area contributed by atoms with Crippen molar-refractivity contribution in [2.24, 2.45) is 0 Å². The van der Waals surface area contributed by atoms with Crippen molar-refractivity contribution in [3.8, 4) is 0 Å². The van der Waals surface area contributed by atoms with Crippen LogP contribution >= 0.6 is 0 Å². The fourth-order valence-electron chi connectivity index (χ4n) is 1.87. The van der Waals surface area contributed by atoms with Crippen molar-refractivity contribution in [2.45, 2.75) is 38.0 Å². The van der Waals surface area contributed by atoms with Crippen molar-refractivity contribution in [2.75, 3.05) is 6.61 Å². The van der Waals surface area contributed by atoms with Gasteiger partial charge in [-0.1, -0.05) is 43.7 Å². The quantitative estimate of drug-likeness (QED) is 0.431. The van der Waals surface area contributed by atoms with Gasteiger partial charge in [0.05, 0.1) is 12.0 Å². The zero-order valence-corrected chi connectivity index (χ0v) is 10.1. The highest BCUT2D eigenvalue weighted by atomic mass is 17.2. The van der Waals surface area contributed by atoms with Crippen LogP contribution in [0, 0.1) is 0 Å². The minimum absolute atomic E-state index is 0.250. The third-order valence-electron chi connectivity index (χ3n) is 3.18. The molecule has 0 aliphatic heterocycles. The Hall–Kier alpha value is -1.35. The topological polar surface area (TPSA) is 35.5 Å². The van der Waals surface area contributed by atoms with E-state index in [-0.39, 0.29) is 5.97 Å². The molecule has 3 nitrogen and oxygen atoms in total. The molecule has 3 heteroatoms. The number of rotatable bonds is 6. The summed E-state index contributed by atoms with van der Waals surface area (Å²) >= 11 is 0. The molecule has 1 aromatic carbocycles. The van der Waals surface area contributed by atoms with Gasteiger partial charge in [0.25, 0.3) is 0 Å². The highest BCUT2D eigenvalue weighted by molar-refractivity contribution is 5.86. The van der Waals surface area contributed by atoms with Crippen LogP contribution in [0.3, 0.4) is 0 Å². The molecule has 1 saturated carbocycles. The summed E-state index contributed by atoms with van der Waals surface area (Å²) < 4.78 is 0. The van der Waals surface area contributed by atoms with E-state index in [2.05, 4.69) is 6.92 Å². The van der Waals surface area contributed by atoms with Crippen LogP contribution in [-0.4, -0.2) is 12.6 Å². The molecule has 1 fully saturated rings. The van der Waals surface area contributed by atoms with E-state index in [1.54, 1.807) is 0 Å². The second-order valence-corrected chi connectivity index (χ2v) is 4.49. The number of hydrogen-bond acceptors (Lipinski definition) is 3. The van der Waals surface area contributed by atoms with E-state index < -0.39 is 5.41 Å². The van der Waals surface area contributed by atoms with E-state index in [1.807, 2.05) is 30.3 Å². The first-order valence-corrected chi connectivity index (χ1v) is 6.19. The van der Waals surface area contributed by atoms with Crippen LogP contribution < -0.4 is 0 Å². The van der Waals surface area contributed by atoms with Gasteiger partial charge in [-0.15, -0.1) is 0 Å². The third-order valence-corrected chi connectivity index (χ3v) is 3.18. The van der Waals surface area contributed by atoms with Crippen molar-refractivity contribution in [3.63, 3.8) is 0 Å². The lowest BCUT2D eigenvalue weighted by Gasteiger charge is -2.13. The van der Waals surface area contributed by atoms with Crippen molar-refractivity contribution < 1.29 is 14.6 Å². The van der Waals surface area contributed by atoms with Crippen LogP contribution in [0.2, 0.25) is 0 Å². The highest BCUT2D eigenvalue weighted by Gasteiger charge is 2.53. The van der Waals surface area contributed by atoms with Crippen LogP contribution in [0.15, 0.2) is 30.3 Å². The Balaban J connectivity index is 1.91. The molecule has 92 valence electrons. The molecule has 0 atom stereocenters. The van der Waals surface area contributed by atoms with Gasteiger partial charge in [-0.05, 0) is 24.8 Å². The number of carbonyl (C=O) groups is 1. The monoisotopic (exact) mass is 234 g/mol. The summed E-state index contributed by atoms with van der Waals surface area (Å²) in [5, 5.41) is 0. The Kier molecular flexibility index (Phi) is 3.79. The van der Waals surface area contributed by atoms with Gasteiger partial charge in [-0.2, -0.15) is 4.89 Å². The summed E-state index contributed by atoms with van der Waals surface area (Å²) in [7, 11) is 0. The van der Waals surface area contributed by atoms with E-state index in [0.717, 1.165) is 31.2 Å². The van der Waals surface area contributed by atoms with Crippen molar-refractivity contribution in [1.82, 2.24) is 0 Å². The summed E-state index contributed by atoms with van der Waals surface area (Å²) in [6.07, 6.45) is 3.65. The molecule has 0 heterocycles. The largest absolute Gasteiger partial charge is 0.352 e. The van der Waals surface area contributed by atoms with Gasteiger partial charge in [0, 0.05) is 0 Å². The van der Waals surface area contributed by atoms with Gasteiger partial charge in [0.2, 0.25) is 0 Å². The maximum atomic E-state index is 11.9. The molecule has 0 bridgehead atoms. The summed E-state index contributed by atoms with van der Waals surface area (Å²) in [6.45, 7) is 2.55. The van der Waals surface area contributed by atoms with Crippen LogP contribution in [0.4, 0.5) is 0 Å². The Morgan fingerprint density at radius 1 is 1.29 bits per heavy atom. The SMILES string of the molecule is CCCCOOC(=O)C1(c2ccccc2)CC1. The molecular formula is C14H18O3. The predicted molar refractivity (Wildman–Crippen MR) is 64.3 cm³/mol. The summed E-state index contributed by atoms with van der Waals surface area (Å²) in [5.74, 6) is -0.250. The summed E-state index contributed by atoms with van der Waals surface area (Å²) in [6, 6.07) is 9.78. The maximum absolute atomic E-state index is 11.9. The Morgan fingerprint density at radius 2 is 2.00 bits per heavy atom. The van der Waals surface area contributed by atoms with E-state index >= 15 is 0 Å². The molecule has 0 aromatic heterocycles. The number of unbranched alkanes of at least 4 members (excludes halogenated alkanes) is 1. The van der Waals surface area contributed by atoms with Gasteiger partial charge in [0.15, 0.2) is 0 Å². The van der Waals surface area contributed by atoms with Gasteiger partial charge < -0.3 is 0 Å². The molecule has 0 unspecified atom stereocenters. The average molecular weight is 234 g/mol. The van der Waals surface area contributed by atoms with Gasteiger partial charge >= 0.3 is 5.97 Å². The molecule has 0 amide bonds. The van der Waals surface area contributed by atoms with E-state index in [9.17, 15) is 4.79 Å². The fourth-order valence-corrected chi connectivity index (χ4v) is 1.87. The average Bonchev–Trinajstić information content (AvgIpc) is 3.17. The Morgan fingerprint density at radius 3 is 2.59 bits per heavy atom. The molecule has 0 spiro atoms. The molecular weight excluding hydrogens is 216 g/mol. The molecule has 17 heavy (non-hydrogen) atoms. The first-order chi connectivity index (χ1) is 8.29. The molecule has 1 aliphatic carbocycles. The standard InChI is InChI=1S/C14H18O3/c1-2-3-11-16-17-13(15)14(9-10-14)12-7-5-4-6-8-12/h4-8H,2-3,9-11H2,1H3. The third kappa shape index (κ3) is 2.67. The van der Waals surface area contributed by atoms with Gasteiger partial charge in [0.1, 0.15) is 0 Å². The van der Waals surface area contributed by atoms with E-state index in [4.69, 9.17) is 9.78 Å². The predicted octanol–water partition coefficient (Wildman–Crippen LogP) is 2.99. The molecule has 2 rings (SSSR count). The fraction of sp³-hybridized carbons (Fsp3) is 0.500. The smallest absolute Gasteiger partial charge is 0.297 e. The minimum Gasteiger partial charge on any atom is -0.297 e. The van der Waals surface area contributed by atoms with Crippen LogP contribution in [0.5, 0.6) is 0 Å². The number of hydrogen-bond donors (Lipinski definition) is 0. The lowest BCUT2D eigenvalue weighted by molar-refractivity contribution is -0.275. The van der Waals surface area contributed by atoms with Crippen molar-refractivity contribution in [3.05, 3.63) is 35.9 Å². The van der Waals surface area contributed by atoms with Gasteiger partial charge in [-0.3, -0.25) is 4.89 Å². The molecule has 1 aromatic rings. The molecule has 0 radical (unpaired) electrons. The van der Waals surface area contributed by atoms with E-state index in [1.165, 1.54) is 0 Å². The van der Waals surface area contributed by atoms with Crippen molar-refractivity contribution >= 4 is 5.97 Å². The summed E-state index contributed by atoms with van der Waals surface area (Å²) in [4.78, 5) is 21.8. The van der Waals surface area contributed by atoms with Crippen LogP contribution in [0.25, 0.3) is 0 Å².